The SMILES string of the molecule is C[C@@H]1Cc2oc(-c3ccnc(-c4ccc(N5CCN(CC6CCN(c7ccc8c(c7)n(C)c(=O)n8C7CCC(=O)NC7=O)CC6)CC5)cc4)c3)cc2C(=O)N1. The molecular formula is C42H46N8O5. The Morgan fingerprint density at radius 1 is 0.800 bits per heavy atom. The number of nitrogens with zero attached hydrogens (tertiary/aromatic N) is 6. The maximum Gasteiger partial charge on any atom is 0.329 e. The van der Waals surface area contributed by atoms with Gasteiger partial charge in [0.1, 0.15) is 17.6 Å². The molecule has 2 N–H and O–H groups in total. The number of rotatable bonds is 7. The molecule has 13 heteroatoms. The van der Waals surface area contributed by atoms with Crippen LogP contribution in [0.4, 0.5) is 11.4 Å². The van der Waals surface area contributed by atoms with Crippen molar-refractivity contribution in [2.75, 3.05) is 55.6 Å². The number of hydrogen-bond acceptors (Lipinski definition) is 9. The Labute approximate surface area is 318 Å². The van der Waals surface area contributed by atoms with Crippen molar-refractivity contribution >= 4 is 40.1 Å². The maximum atomic E-state index is 13.2. The Hall–Kier alpha value is -5.69. The van der Waals surface area contributed by atoms with E-state index in [-0.39, 0.29) is 30.0 Å². The van der Waals surface area contributed by atoms with Crippen LogP contribution >= 0.6 is 0 Å². The van der Waals surface area contributed by atoms with Gasteiger partial charge < -0.3 is 19.5 Å². The molecule has 3 fully saturated rings. The zero-order valence-electron chi connectivity index (χ0n) is 31.3. The molecule has 0 bridgehead atoms. The number of aromatic nitrogens is 3. The van der Waals surface area contributed by atoms with Crippen LogP contribution in [-0.4, -0.2) is 88.6 Å². The second kappa shape index (κ2) is 14.2. The molecule has 3 aromatic heterocycles. The van der Waals surface area contributed by atoms with E-state index in [1.807, 2.05) is 31.2 Å². The Kier molecular flexibility index (Phi) is 9.04. The van der Waals surface area contributed by atoms with Crippen molar-refractivity contribution in [3.8, 4) is 22.6 Å². The summed E-state index contributed by atoms with van der Waals surface area (Å²) in [5.74, 6) is 1.27. The fourth-order valence-corrected chi connectivity index (χ4v) is 8.84. The van der Waals surface area contributed by atoms with Gasteiger partial charge in [0.15, 0.2) is 0 Å². The fourth-order valence-electron chi connectivity index (χ4n) is 8.84. The summed E-state index contributed by atoms with van der Waals surface area (Å²) in [7, 11) is 1.74. The lowest BCUT2D eigenvalue weighted by atomic mass is 9.95. The lowest BCUT2D eigenvalue weighted by molar-refractivity contribution is -0.135. The monoisotopic (exact) mass is 742 g/mol. The number of hydrogen-bond donors (Lipinski definition) is 2. The highest BCUT2D eigenvalue weighted by atomic mass is 16.3. The molecule has 9 rings (SSSR count). The zero-order valence-corrected chi connectivity index (χ0v) is 31.3. The van der Waals surface area contributed by atoms with Gasteiger partial charge in [-0.2, -0.15) is 0 Å². The molecule has 4 aliphatic rings. The summed E-state index contributed by atoms with van der Waals surface area (Å²) >= 11 is 0. The third kappa shape index (κ3) is 6.70. The van der Waals surface area contributed by atoms with Gasteiger partial charge in [-0.1, -0.05) is 12.1 Å². The highest BCUT2D eigenvalue weighted by molar-refractivity contribution is 6.00. The fraction of sp³-hybridized carbons (Fsp3) is 0.405. The molecule has 0 spiro atoms. The van der Waals surface area contributed by atoms with Gasteiger partial charge in [0.05, 0.1) is 22.3 Å². The first-order chi connectivity index (χ1) is 26.7. The number of benzene rings is 2. The number of anilines is 2. The van der Waals surface area contributed by atoms with Gasteiger partial charge in [-0.15, -0.1) is 0 Å². The van der Waals surface area contributed by atoms with Gasteiger partial charge in [-0.25, -0.2) is 4.79 Å². The van der Waals surface area contributed by atoms with Gasteiger partial charge in [0, 0.05) is 100 Å². The first-order valence-corrected chi connectivity index (χ1v) is 19.5. The van der Waals surface area contributed by atoms with Crippen molar-refractivity contribution in [2.24, 2.45) is 13.0 Å². The number of piperidine rings is 2. The summed E-state index contributed by atoms with van der Waals surface area (Å²) in [6.07, 6.45) is 5.26. The van der Waals surface area contributed by atoms with Gasteiger partial charge in [0.25, 0.3) is 5.91 Å². The predicted octanol–water partition coefficient (Wildman–Crippen LogP) is 4.35. The van der Waals surface area contributed by atoms with Crippen LogP contribution in [0.15, 0.2) is 76.1 Å². The molecule has 3 amide bonds. The van der Waals surface area contributed by atoms with E-state index in [2.05, 4.69) is 66.7 Å². The van der Waals surface area contributed by atoms with Crippen molar-refractivity contribution in [1.82, 2.24) is 29.7 Å². The first-order valence-electron chi connectivity index (χ1n) is 19.5. The normalized spacial score (nSPS) is 21.2. The third-order valence-electron chi connectivity index (χ3n) is 12.0. The molecule has 4 aliphatic heterocycles. The molecule has 55 heavy (non-hydrogen) atoms. The van der Waals surface area contributed by atoms with Crippen LogP contribution in [0, 0.1) is 5.92 Å². The van der Waals surface area contributed by atoms with Crippen LogP contribution in [0.5, 0.6) is 0 Å². The van der Waals surface area contributed by atoms with Crippen LogP contribution in [0.3, 0.4) is 0 Å². The molecule has 284 valence electrons. The number of pyridine rings is 1. The molecule has 0 radical (unpaired) electrons. The highest BCUT2D eigenvalue weighted by Crippen LogP contribution is 2.33. The number of piperazine rings is 1. The standard InChI is InChI=1S/C42H46N8O5/c1-26-21-38-32(40(52)44-26)24-37(55-38)29-11-14-43-33(22-29)28-3-5-30(6-4-28)49-19-17-47(18-20-49)25-27-12-15-48(16-13-27)31-7-8-34-36(23-31)46(2)42(54)50(34)35-9-10-39(51)45-41(35)53/h3-8,11,14,22-24,26-27,35H,9-10,12-13,15-21,25H2,1-2H3,(H,44,52)(H,45,51,53)/t26-,35?/m1/s1. The topological polar surface area (TPSA) is 138 Å². The minimum absolute atomic E-state index is 0.0598. The molecule has 1 unspecified atom stereocenters. The number of aryl methyl sites for hydroxylation is 1. The van der Waals surface area contributed by atoms with Crippen LogP contribution in [-0.2, 0) is 23.1 Å². The summed E-state index contributed by atoms with van der Waals surface area (Å²) in [5, 5.41) is 5.35. The van der Waals surface area contributed by atoms with Gasteiger partial charge in [-0.3, -0.25) is 38.7 Å². The van der Waals surface area contributed by atoms with E-state index in [0.717, 1.165) is 98.0 Å². The number of amides is 3. The summed E-state index contributed by atoms with van der Waals surface area (Å²) < 4.78 is 9.26. The van der Waals surface area contributed by atoms with Crippen LogP contribution < -0.4 is 26.1 Å². The number of nitrogens with one attached hydrogen (secondary N) is 2. The largest absolute Gasteiger partial charge is 0.460 e. The zero-order chi connectivity index (χ0) is 37.8. The minimum Gasteiger partial charge on any atom is -0.460 e. The molecule has 0 saturated carbocycles. The van der Waals surface area contributed by atoms with E-state index in [4.69, 9.17) is 4.42 Å². The average molecular weight is 743 g/mol. The van der Waals surface area contributed by atoms with Crippen molar-refractivity contribution in [3.05, 3.63) is 88.7 Å². The van der Waals surface area contributed by atoms with E-state index in [0.29, 0.717) is 30.1 Å². The van der Waals surface area contributed by atoms with Crippen LogP contribution in [0.1, 0.15) is 54.8 Å². The summed E-state index contributed by atoms with van der Waals surface area (Å²) in [4.78, 5) is 62.0. The number of imide groups is 1. The lowest BCUT2D eigenvalue weighted by Crippen LogP contribution is -2.49. The molecule has 0 aliphatic carbocycles. The Bertz CT molecular complexity index is 2340. The van der Waals surface area contributed by atoms with E-state index in [1.54, 1.807) is 17.8 Å². The Morgan fingerprint density at radius 3 is 2.31 bits per heavy atom. The second-order valence-corrected chi connectivity index (χ2v) is 15.6. The smallest absolute Gasteiger partial charge is 0.329 e. The highest BCUT2D eigenvalue weighted by Gasteiger charge is 2.32. The maximum absolute atomic E-state index is 13.2. The van der Waals surface area contributed by atoms with Crippen molar-refractivity contribution < 1.29 is 18.8 Å². The molecule has 5 aromatic rings. The quantitative estimate of drug-likeness (QED) is 0.233. The van der Waals surface area contributed by atoms with Gasteiger partial charge in [0.2, 0.25) is 11.8 Å². The number of furan rings is 1. The predicted molar refractivity (Wildman–Crippen MR) is 210 cm³/mol. The third-order valence-corrected chi connectivity index (χ3v) is 12.0. The van der Waals surface area contributed by atoms with Crippen LogP contribution in [0.2, 0.25) is 0 Å². The van der Waals surface area contributed by atoms with E-state index >= 15 is 0 Å². The summed E-state index contributed by atoms with van der Waals surface area (Å²) in [6, 6.07) is 19.9. The summed E-state index contributed by atoms with van der Waals surface area (Å²) in [5.41, 5.74) is 6.99. The van der Waals surface area contributed by atoms with Crippen LogP contribution in [0.25, 0.3) is 33.6 Å². The van der Waals surface area contributed by atoms with Gasteiger partial charge in [-0.05, 0) is 80.6 Å². The van der Waals surface area contributed by atoms with Crippen molar-refractivity contribution in [1.29, 1.82) is 0 Å². The van der Waals surface area contributed by atoms with E-state index in [9.17, 15) is 19.2 Å². The molecular weight excluding hydrogens is 697 g/mol. The number of imidazole rings is 1. The van der Waals surface area contributed by atoms with E-state index < -0.39 is 11.9 Å². The van der Waals surface area contributed by atoms with E-state index in [1.165, 1.54) is 10.3 Å². The Balaban J connectivity index is 0.777. The van der Waals surface area contributed by atoms with Gasteiger partial charge >= 0.3 is 5.69 Å². The second-order valence-electron chi connectivity index (χ2n) is 15.6. The molecule has 2 atom stereocenters. The lowest BCUT2D eigenvalue weighted by Gasteiger charge is -2.40. The number of carbonyl (C=O) groups excluding carboxylic acids is 3. The average Bonchev–Trinajstić information content (AvgIpc) is 3.74. The number of fused-ring (bicyclic) bond motifs is 2. The minimum atomic E-state index is -0.679. The number of carbonyl (C=O) groups is 3. The molecule has 13 nitrogen and oxygen atoms in total. The molecule has 7 heterocycles. The summed E-state index contributed by atoms with van der Waals surface area (Å²) in [6.45, 7) is 9.04. The first kappa shape index (κ1) is 35.0. The molecule has 2 aromatic carbocycles. The van der Waals surface area contributed by atoms with Crippen molar-refractivity contribution in [2.45, 2.75) is 51.1 Å². The van der Waals surface area contributed by atoms with Crippen molar-refractivity contribution in [3.63, 3.8) is 0 Å². The Morgan fingerprint density at radius 2 is 1.55 bits per heavy atom. The molecule has 3 saturated heterocycles.